The van der Waals surface area contributed by atoms with Crippen LogP contribution >= 0.6 is 23.9 Å². The highest BCUT2D eigenvalue weighted by Gasteiger charge is 2.12. The molecule has 0 aliphatic rings. The molecule has 0 saturated heterocycles. The third kappa shape index (κ3) is 4.14. The topological polar surface area (TPSA) is 76.1 Å². The Hall–Kier alpha value is -2.58. The van der Waals surface area contributed by atoms with Crippen LogP contribution in [0.3, 0.4) is 0 Å². The summed E-state index contributed by atoms with van der Waals surface area (Å²) < 4.78 is 14.0. The number of carbonyl (C=O) groups excluding carboxylic acids is 1. The van der Waals surface area contributed by atoms with E-state index in [4.69, 9.17) is 17.0 Å². The zero-order valence-corrected chi connectivity index (χ0v) is 16.0. The average Bonchev–Trinajstić information content (AvgIpc) is 3.11. The van der Waals surface area contributed by atoms with Gasteiger partial charge in [-0.2, -0.15) is 8.75 Å². The van der Waals surface area contributed by atoms with Crippen LogP contribution in [0, 0.1) is 6.92 Å². The molecule has 1 aromatic heterocycles. The van der Waals surface area contributed by atoms with Crippen molar-refractivity contribution in [3.63, 3.8) is 0 Å². The lowest BCUT2D eigenvalue weighted by Gasteiger charge is -2.12. The molecule has 0 saturated carbocycles. The third-order valence-electron chi connectivity index (χ3n) is 3.69. The Morgan fingerprint density at radius 1 is 1.19 bits per heavy atom. The number of ether oxygens (including phenoxy) is 1. The first-order valence-electron chi connectivity index (χ1n) is 8.15. The molecular weight excluding hydrogens is 368 g/mol. The number of amides is 1. The van der Waals surface area contributed by atoms with E-state index in [2.05, 4.69) is 19.4 Å². The highest BCUT2D eigenvalue weighted by atomic mass is 32.1. The van der Waals surface area contributed by atoms with Crippen LogP contribution in [0.1, 0.15) is 29.3 Å². The van der Waals surface area contributed by atoms with Gasteiger partial charge < -0.3 is 10.1 Å². The lowest BCUT2D eigenvalue weighted by Crippen LogP contribution is -2.34. The molecule has 3 rings (SSSR count). The number of nitrogens with zero attached hydrogens (tertiary/aromatic N) is 2. The zero-order valence-electron chi connectivity index (χ0n) is 14.4. The minimum Gasteiger partial charge on any atom is -0.494 e. The molecule has 1 amide bonds. The van der Waals surface area contributed by atoms with Crippen LogP contribution in [0.2, 0.25) is 0 Å². The summed E-state index contributed by atoms with van der Waals surface area (Å²) in [5, 5.41) is 5.96. The molecule has 0 aliphatic carbocycles. The van der Waals surface area contributed by atoms with Gasteiger partial charge in [-0.3, -0.25) is 10.1 Å². The van der Waals surface area contributed by atoms with Crippen LogP contribution in [0.15, 0.2) is 36.4 Å². The van der Waals surface area contributed by atoms with E-state index in [0.29, 0.717) is 12.2 Å². The van der Waals surface area contributed by atoms with Crippen LogP contribution in [-0.4, -0.2) is 26.4 Å². The van der Waals surface area contributed by atoms with E-state index in [1.807, 2.05) is 26.0 Å². The van der Waals surface area contributed by atoms with E-state index >= 15 is 0 Å². The summed E-state index contributed by atoms with van der Waals surface area (Å²) in [5.41, 5.74) is 3.76. The summed E-state index contributed by atoms with van der Waals surface area (Å²) in [6.45, 7) is 4.64. The van der Waals surface area contributed by atoms with Crippen molar-refractivity contribution in [2.75, 3.05) is 11.9 Å². The number of aryl methyl sites for hydroxylation is 1. The molecule has 134 valence electrons. The Labute approximate surface area is 160 Å². The number of hydrogen-bond donors (Lipinski definition) is 2. The predicted molar refractivity (Wildman–Crippen MR) is 108 cm³/mol. The van der Waals surface area contributed by atoms with Crippen molar-refractivity contribution in [2.24, 2.45) is 0 Å². The number of nitrogens with one attached hydrogen (secondary N) is 2. The Morgan fingerprint density at radius 3 is 2.69 bits per heavy atom. The Bertz CT molecular complexity index is 938. The molecule has 0 radical (unpaired) electrons. The SMILES string of the molecule is CCCOc1ccc(C(=O)NC(=S)Nc2c(C)ccc3nsnc23)cc1. The quantitative estimate of drug-likeness (QED) is 0.648. The number of carbonyl (C=O) groups is 1. The molecule has 3 aromatic rings. The molecule has 0 fully saturated rings. The minimum absolute atomic E-state index is 0.213. The molecule has 0 aliphatic heterocycles. The lowest BCUT2D eigenvalue weighted by atomic mass is 10.1. The molecule has 2 N–H and O–H groups in total. The van der Waals surface area contributed by atoms with Crippen molar-refractivity contribution in [1.29, 1.82) is 0 Å². The van der Waals surface area contributed by atoms with Gasteiger partial charge in [0.15, 0.2) is 5.11 Å². The number of thiocarbonyl (C=S) groups is 1. The standard InChI is InChI=1S/C18H18N4O2S2/c1-3-10-24-13-7-5-12(6-8-13)17(23)20-18(25)19-15-11(2)4-9-14-16(15)22-26-21-14/h4-9H,3,10H2,1-2H3,(H2,19,20,23,25). The predicted octanol–water partition coefficient (Wildman–Crippen LogP) is 3.92. The lowest BCUT2D eigenvalue weighted by molar-refractivity contribution is 0.0977. The summed E-state index contributed by atoms with van der Waals surface area (Å²) in [4.78, 5) is 12.4. The Balaban J connectivity index is 1.66. The van der Waals surface area contributed by atoms with Crippen molar-refractivity contribution >= 4 is 51.7 Å². The van der Waals surface area contributed by atoms with Crippen molar-refractivity contribution in [3.8, 4) is 5.75 Å². The van der Waals surface area contributed by atoms with E-state index in [-0.39, 0.29) is 11.0 Å². The van der Waals surface area contributed by atoms with E-state index in [0.717, 1.165) is 46.2 Å². The molecular formula is C18H18N4O2S2. The summed E-state index contributed by atoms with van der Waals surface area (Å²) in [6, 6.07) is 10.8. The molecule has 8 heteroatoms. The second kappa shape index (κ2) is 8.20. The summed E-state index contributed by atoms with van der Waals surface area (Å²) in [6.07, 6.45) is 0.933. The zero-order chi connectivity index (χ0) is 18.5. The van der Waals surface area contributed by atoms with Crippen molar-refractivity contribution in [1.82, 2.24) is 14.1 Å². The summed E-state index contributed by atoms with van der Waals surface area (Å²) >= 11 is 6.42. The van der Waals surface area contributed by atoms with Gasteiger partial charge in [0, 0.05) is 5.56 Å². The fourth-order valence-corrected chi connectivity index (χ4v) is 3.09. The Kier molecular flexibility index (Phi) is 5.75. The van der Waals surface area contributed by atoms with Gasteiger partial charge in [-0.25, -0.2) is 0 Å². The minimum atomic E-state index is -0.286. The maximum Gasteiger partial charge on any atom is 0.257 e. The van der Waals surface area contributed by atoms with Gasteiger partial charge in [0.2, 0.25) is 0 Å². The van der Waals surface area contributed by atoms with Crippen molar-refractivity contribution < 1.29 is 9.53 Å². The summed E-state index contributed by atoms with van der Waals surface area (Å²) in [7, 11) is 0. The summed E-state index contributed by atoms with van der Waals surface area (Å²) in [5.74, 6) is 0.452. The van der Waals surface area contributed by atoms with Gasteiger partial charge in [-0.05, 0) is 61.5 Å². The highest BCUT2D eigenvalue weighted by Crippen LogP contribution is 2.25. The number of hydrogen-bond acceptors (Lipinski definition) is 6. The number of fused-ring (bicyclic) bond motifs is 1. The monoisotopic (exact) mass is 386 g/mol. The van der Waals surface area contributed by atoms with Crippen LogP contribution in [0.4, 0.5) is 5.69 Å². The molecule has 0 atom stereocenters. The van der Waals surface area contributed by atoms with Gasteiger partial charge in [0.1, 0.15) is 16.8 Å². The van der Waals surface area contributed by atoms with E-state index in [9.17, 15) is 4.79 Å². The van der Waals surface area contributed by atoms with Gasteiger partial charge in [-0.15, -0.1) is 0 Å². The molecule has 6 nitrogen and oxygen atoms in total. The maximum absolute atomic E-state index is 12.4. The van der Waals surface area contributed by atoms with Gasteiger partial charge >= 0.3 is 0 Å². The van der Waals surface area contributed by atoms with Crippen LogP contribution in [0.25, 0.3) is 11.0 Å². The first kappa shape index (κ1) is 18.2. The Morgan fingerprint density at radius 2 is 1.96 bits per heavy atom. The number of rotatable bonds is 5. The molecule has 0 unspecified atom stereocenters. The first-order valence-corrected chi connectivity index (χ1v) is 9.29. The van der Waals surface area contributed by atoms with Crippen LogP contribution in [-0.2, 0) is 0 Å². The van der Waals surface area contributed by atoms with Crippen LogP contribution in [0.5, 0.6) is 5.75 Å². The number of benzene rings is 2. The van der Waals surface area contributed by atoms with E-state index in [1.54, 1.807) is 24.3 Å². The third-order valence-corrected chi connectivity index (χ3v) is 4.44. The van der Waals surface area contributed by atoms with Crippen molar-refractivity contribution in [3.05, 3.63) is 47.5 Å². The molecule has 2 aromatic carbocycles. The fourth-order valence-electron chi connectivity index (χ4n) is 2.35. The first-order chi connectivity index (χ1) is 12.6. The van der Waals surface area contributed by atoms with Crippen molar-refractivity contribution in [2.45, 2.75) is 20.3 Å². The molecule has 0 bridgehead atoms. The van der Waals surface area contributed by atoms with Gasteiger partial charge in [0.05, 0.1) is 24.0 Å². The number of aromatic nitrogens is 2. The average molecular weight is 387 g/mol. The van der Waals surface area contributed by atoms with Gasteiger partial charge in [0.25, 0.3) is 5.91 Å². The largest absolute Gasteiger partial charge is 0.494 e. The second-order valence-electron chi connectivity index (χ2n) is 5.67. The normalized spacial score (nSPS) is 10.5. The van der Waals surface area contributed by atoms with Gasteiger partial charge in [-0.1, -0.05) is 13.0 Å². The smallest absolute Gasteiger partial charge is 0.257 e. The second-order valence-corrected chi connectivity index (χ2v) is 6.61. The van der Waals surface area contributed by atoms with E-state index < -0.39 is 0 Å². The highest BCUT2D eigenvalue weighted by molar-refractivity contribution is 7.80. The molecule has 1 heterocycles. The number of anilines is 1. The fraction of sp³-hybridized carbons (Fsp3) is 0.222. The molecule has 26 heavy (non-hydrogen) atoms. The maximum atomic E-state index is 12.4. The molecule has 0 spiro atoms. The van der Waals surface area contributed by atoms with E-state index in [1.165, 1.54) is 0 Å². The van der Waals surface area contributed by atoms with Crippen LogP contribution < -0.4 is 15.4 Å².